The van der Waals surface area contributed by atoms with Gasteiger partial charge in [0.2, 0.25) is 0 Å². The molecule has 0 saturated heterocycles. The first kappa shape index (κ1) is 13.9. The lowest BCUT2D eigenvalue weighted by molar-refractivity contribution is 0.430. The van der Waals surface area contributed by atoms with Crippen molar-refractivity contribution in [2.45, 2.75) is 32.4 Å². The molecule has 1 aliphatic carbocycles. The number of hydrogen-bond acceptors (Lipinski definition) is 3. The molecule has 0 aliphatic heterocycles. The number of ether oxygens (including phenoxy) is 1. The summed E-state index contributed by atoms with van der Waals surface area (Å²) in [4.78, 5) is 4.24. The molecule has 1 saturated carbocycles. The Morgan fingerprint density at radius 2 is 2.05 bits per heavy atom. The zero-order valence-corrected chi connectivity index (χ0v) is 11.7. The van der Waals surface area contributed by atoms with Crippen LogP contribution >= 0.6 is 0 Å². The second-order valence-corrected chi connectivity index (χ2v) is 5.27. The lowest BCUT2D eigenvalue weighted by Gasteiger charge is -2.12. The van der Waals surface area contributed by atoms with Gasteiger partial charge in [-0.15, -0.1) is 0 Å². The fourth-order valence-corrected chi connectivity index (χ4v) is 2.01. The number of benzene rings is 1. The Bertz CT molecular complexity index is 657. The maximum Gasteiger partial charge on any atom is 0.168 e. The number of nitrogens with zero attached hydrogens (tertiary/aromatic N) is 1. The molecular weight excluding hydrogens is 274 g/mol. The predicted molar refractivity (Wildman–Crippen MR) is 75.3 cm³/mol. The molecule has 1 aromatic carbocycles. The van der Waals surface area contributed by atoms with Crippen LogP contribution in [0.2, 0.25) is 0 Å². The Morgan fingerprint density at radius 1 is 1.24 bits per heavy atom. The van der Waals surface area contributed by atoms with E-state index in [1.807, 2.05) is 6.92 Å². The lowest BCUT2D eigenvalue weighted by Crippen LogP contribution is -2.16. The molecule has 0 amide bonds. The van der Waals surface area contributed by atoms with Crippen LogP contribution in [-0.2, 0) is 6.54 Å². The summed E-state index contributed by atoms with van der Waals surface area (Å²) in [5, 5.41) is 3.37. The fraction of sp³-hybridized carbons (Fsp3) is 0.312. The van der Waals surface area contributed by atoms with Crippen LogP contribution in [0.5, 0.6) is 11.5 Å². The van der Waals surface area contributed by atoms with Crippen LogP contribution in [0.3, 0.4) is 0 Å². The quantitative estimate of drug-likeness (QED) is 0.911. The molecule has 0 spiro atoms. The molecule has 1 N–H and O–H groups in total. The maximum atomic E-state index is 13.7. The van der Waals surface area contributed by atoms with E-state index in [2.05, 4.69) is 10.3 Å². The van der Waals surface area contributed by atoms with Gasteiger partial charge >= 0.3 is 0 Å². The van der Waals surface area contributed by atoms with Crippen molar-refractivity contribution in [1.29, 1.82) is 0 Å². The summed E-state index contributed by atoms with van der Waals surface area (Å²) in [5.74, 6) is -0.789. The number of halogens is 2. The molecule has 1 fully saturated rings. The molecule has 0 bridgehead atoms. The number of aromatic nitrogens is 1. The van der Waals surface area contributed by atoms with E-state index in [0.29, 0.717) is 18.3 Å². The average Bonchev–Trinajstić information content (AvgIpc) is 3.25. The highest BCUT2D eigenvalue weighted by Gasteiger charge is 2.21. The highest BCUT2D eigenvalue weighted by molar-refractivity contribution is 5.38. The van der Waals surface area contributed by atoms with Gasteiger partial charge in [-0.1, -0.05) is 0 Å². The summed E-state index contributed by atoms with van der Waals surface area (Å²) in [5.41, 5.74) is 1.64. The van der Waals surface area contributed by atoms with Gasteiger partial charge in [0.1, 0.15) is 11.6 Å². The average molecular weight is 290 g/mol. The molecular formula is C16H16F2N2O. The van der Waals surface area contributed by atoms with Crippen molar-refractivity contribution in [3.8, 4) is 11.5 Å². The zero-order valence-electron chi connectivity index (χ0n) is 11.7. The van der Waals surface area contributed by atoms with Crippen LogP contribution in [0.4, 0.5) is 8.78 Å². The van der Waals surface area contributed by atoms with E-state index in [1.54, 1.807) is 12.3 Å². The van der Waals surface area contributed by atoms with Crippen molar-refractivity contribution in [2.24, 2.45) is 0 Å². The highest BCUT2D eigenvalue weighted by Crippen LogP contribution is 2.29. The Kier molecular flexibility index (Phi) is 3.84. The third kappa shape index (κ3) is 3.55. The van der Waals surface area contributed by atoms with Crippen LogP contribution in [0.1, 0.15) is 24.1 Å². The topological polar surface area (TPSA) is 34.1 Å². The zero-order chi connectivity index (χ0) is 14.8. The molecule has 5 heteroatoms. The normalized spacial score (nSPS) is 14.2. The highest BCUT2D eigenvalue weighted by atomic mass is 19.1. The molecule has 0 unspecified atom stereocenters. The minimum Gasteiger partial charge on any atom is -0.454 e. The van der Waals surface area contributed by atoms with E-state index in [1.165, 1.54) is 25.0 Å². The van der Waals surface area contributed by atoms with Gasteiger partial charge in [0.25, 0.3) is 0 Å². The smallest absolute Gasteiger partial charge is 0.168 e. The summed E-state index contributed by atoms with van der Waals surface area (Å²) in [6.07, 6.45) is 4.09. The van der Waals surface area contributed by atoms with Crippen LogP contribution in [-0.4, -0.2) is 11.0 Å². The first-order valence-electron chi connectivity index (χ1n) is 6.93. The van der Waals surface area contributed by atoms with Gasteiger partial charge < -0.3 is 10.1 Å². The minimum absolute atomic E-state index is 0.00896. The number of hydrogen-bond donors (Lipinski definition) is 1. The van der Waals surface area contributed by atoms with Crippen LogP contribution < -0.4 is 10.1 Å². The monoisotopic (exact) mass is 290 g/mol. The van der Waals surface area contributed by atoms with Crippen molar-refractivity contribution >= 4 is 0 Å². The number of aryl methyl sites for hydroxylation is 1. The van der Waals surface area contributed by atoms with E-state index < -0.39 is 11.6 Å². The molecule has 0 radical (unpaired) electrons. The first-order valence-corrected chi connectivity index (χ1v) is 6.93. The van der Waals surface area contributed by atoms with Gasteiger partial charge in [0, 0.05) is 42.2 Å². The third-order valence-electron chi connectivity index (χ3n) is 3.35. The van der Waals surface area contributed by atoms with E-state index in [9.17, 15) is 8.78 Å². The maximum absolute atomic E-state index is 13.7. The Balaban J connectivity index is 1.83. The fourth-order valence-electron chi connectivity index (χ4n) is 2.01. The Hall–Kier alpha value is -2.01. The molecule has 1 heterocycles. The summed E-state index contributed by atoms with van der Waals surface area (Å²) < 4.78 is 32.2. The largest absolute Gasteiger partial charge is 0.454 e. The lowest BCUT2D eigenvalue weighted by atomic mass is 10.2. The Morgan fingerprint density at radius 3 is 2.76 bits per heavy atom. The first-order chi connectivity index (χ1) is 10.1. The van der Waals surface area contributed by atoms with E-state index in [0.717, 1.165) is 17.3 Å². The van der Waals surface area contributed by atoms with Crippen molar-refractivity contribution < 1.29 is 13.5 Å². The van der Waals surface area contributed by atoms with Crippen molar-refractivity contribution in [1.82, 2.24) is 10.3 Å². The van der Waals surface area contributed by atoms with Crippen molar-refractivity contribution in [2.75, 3.05) is 0 Å². The molecule has 0 atom stereocenters. The van der Waals surface area contributed by atoms with E-state index >= 15 is 0 Å². The van der Waals surface area contributed by atoms with Gasteiger partial charge in [0.15, 0.2) is 11.6 Å². The molecule has 110 valence electrons. The third-order valence-corrected chi connectivity index (χ3v) is 3.35. The number of nitrogens with one attached hydrogen (secondary N) is 1. The van der Waals surface area contributed by atoms with Gasteiger partial charge in [-0.3, -0.25) is 4.98 Å². The number of rotatable bonds is 5. The standard InChI is InChI=1S/C16H16F2N2O/c1-10-6-16(11(8-19-10)9-20-13-3-4-13)21-15-5-2-12(17)7-14(15)18/h2,5-8,13,20H,3-4,9H2,1H3. The molecule has 3 rings (SSSR count). The molecule has 2 aromatic rings. The van der Waals surface area contributed by atoms with Gasteiger partial charge in [0.05, 0.1) is 0 Å². The van der Waals surface area contributed by atoms with E-state index in [-0.39, 0.29) is 5.75 Å². The summed E-state index contributed by atoms with van der Waals surface area (Å²) in [6.45, 7) is 2.46. The molecule has 1 aromatic heterocycles. The van der Waals surface area contributed by atoms with Gasteiger partial charge in [-0.05, 0) is 31.9 Å². The van der Waals surface area contributed by atoms with Crippen LogP contribution in [0.15, 0.2) is 30.5 Å². The molecule has 3 nitrogen and oxygen atoms in total. The van der Waals surface area contributed by atoms with Crippen molar-refractivity contribution in [3.63, 3.8) is 0 Å². The predicted octanol–water partition coefficient (Wildman–Crippen LogP) is 3.71. The summed E-state index contributed by atoms with van der Waals surface area (Å²) in [6, 6.07) is 5.59. The van der Waals surface area contributed by atoms with Gasteiger partial charge in [-0.25, -0.2) is 8.78 Å². The molecule has 1 aliphatic rings. The second-order valence-electron chi connectivity index (χ2n) is 5.27. The summed E-state index contributed by atoms with van der Waals surface area (Å²) >= 11 is 0. The Labute approximate surface area is 122 Å². The second kappa shape index (κ2) is 5.77. The minimum atomic E-state index is -0.717. The van der Waals surface area contributed by atoms with Crippen LogP contribution in [0, 0.1) is 18.6 Å². The SMILES string of the molecule is Cc1cc(Oc2ccc(F)cc2F)c(CNC2CC2)cn1. The summed E-state index contributed by atoms with van der Waals surface area (Å²) in [7, 11) is 0. The van der Waals surface area contributed by atoms with Crippen LogP contribution in [0.25, 0.3) is 0 Å². The van der Waals surface area contributed by atoms with E-state index in [4.69, 9.17) is 4.74 Å². The van der Waals surface area contributed by atoms with Crippen molar-refractivity contribution in [3.05, 3.63) is 53.4 Å². The van der Waals surface area contributed by atoms with Gasteiger partial charge in [-0.2, -0.15) is 0 Å². The number of pyridine rings is 1. The molecule has 21 heavy (non-hydrogen) atoms.